The summed E-state index contributed by atoms with van der Waals surface area (Å²) in [5.41, 5.74) is -1.25. The van der Waals surface area contributed by atoms with Crippen LogP contribution in [0.25, 0.3) is 0 Å². The Hall–Kier alpha value is -2.19. The highest BCUT2D eigenvalue weighted by atomic mass is 16.6. The fourth-order valence-electron chi connectivity index (χ4n) is 5.75. The lowest BCUT2D eigenvalue weighted by atomic mass is 9.78. The van der Waals surface area contributed by atoms with Crippen molar-refractivity contribution in [3.8, 4) is 0 Å². The third-order valence-electron chi connectivity index (χ3n) is 7.21. The van der Waals surface area contributed by atoms with Gasteiger partial charge in [0.1, 0.15) is 17.6 Å². The van der Waals surface area contributed by atoms with E-state index in [1.54, 1.807) is 4.90 Å². The van der Waals surface area contributed by atoms with Gasteiger partial charge in [-0.05, 0) is 32.6 Å². The molecular formula is C24H34N2O6. The van der Waals surface area contributed by atoms with E-state index < -0.39 is 35.6 Å². The molecule has 1 N–H and O–H groups in total. The second-order valence-corrected chi connectivity index (χ2v) is 9.22. The van der Waals surface area contributed by atoms with Crippen LogP contribution in [0.15, 0.2) is 24.3 Å². The molecule has 8 heteroatoms. The molecule has 0 aromatic rings. The molecule has 2 saturated heterocycles. The van der Waals surface area contributed by atoms with E-state index in [4.69, 9.17) is 9.47 Å². The molecular weight excluding hydrogens is 412 g/mol. The van der Waals surface area contributed by atoms with Gasteiger partial charge in [0.05, 0.1) is 25.2 Å². The number of aliphatic hydroxyl groups excluding tert-OH is 1. The molecule has 0 saturated carbocycles. The van der Waals surface area contributed by atoms with E-state index in [1.807, 2.05) is 31.2 Å². The Bertz CT molecular complexity index is 810. The maximum atomic E-state index is 13.8. The summed E-state index contributed by atoms with van der Waals surface area (Å²) >= 11 is 0. The van der Waals surface area contributed by atoms with Crippen molar-refractivity contribution in [2.75, 3.05) is 26.3 Å². The van der Waals surface area contributed by atoms with Crippen molar-refractivity contribution in [1.82, 2.24) is 9.80 Å². The number of hydrogen-bond donors (Lipinski definition) is 1. The van der Waals surface area contributed by atoms with Gasteiger partial charge in [0.2, 0.25) is 11.8 Å². The summed E-state index contributed by atoms with van der Waals surface area (Å²) in [5.74, 6) is -2.66. The summed E-state index contributed by atoms with van der Waals surface area (Å²) in [6.45, 7) is 4.56. The van der Waals surface area contributed by atoms with Crippen LogP contribution in [0.2, 0.25) is 0 Å². The largest absolute Gasteiger partial charge is 0.465 e. The Balaban J connectivity index is 1.78. The Labute approximate surface area is 189 Å². The third-order valence-corrected chi connectivity index (χ3v) is 7.21. The van der Waals surface area contributed by atoms with E-state index in [0.29, 0.717) is 13.2 Å². The lowest BCUT2D eigenvalue weighted by Gasteiger charge is -2.37. The minimum absolute atomic E-state index is 0.00407. The number of allylic oxidation sites excluding steroid dienone is 1. The van der Waals surface area contributed by atoms with Crippen molar-refractivity contribution in [3.63, 3.8) is 0 Å². The first-order valence-corrected chi connectivity index (χ1v) is 11.9. The molecule has 2 amide bonds. The molecule has 176 valence electrons. The highest BCUT2D eigenvalue weighted by molar-refractivity contribution is 5.99. The van der Waals surface area contributed by atoms with Crippen LogP contribution in [-0.2, 0) is 23.9 Å². The number of carbonyl (C=O) groups is 3. The molecule has 0 aliphatic carbocycles. The summed E-state index contributed by atoms with van der Waals surface area (Å²) in [7, 11) is 0. The summed E-state index contributed by atoms with van der Waals surface area (Å²) in [6.07, 6.45) is 11.2. The summed E-state index contributed by atoms with van der Waals surface area (Å²) in [5, 5.41) is 9.67. The molecule has 8 nitrogen and oxygen atoms in total. The highest BCUT2D eigenvalue weighted by Crippen LogP contribution is 2.53. The molecule has 32 heavy (non-hydrogen) atoms. The average molecular weight is 447 g/mol. The van der Waals surface area contributed by atoms with Gasteiger partial charge >= 0.3 is 5.97 Å². The Kier molecular flexibility index (Phi) is 6.72. The highest BCUT2D eigenvalue weighted by Gasteiger charge is 2.71. The second kappa shape index (κ2) is 9.35. The molecule has 4 heterocycles. The monoisotopic (exact) mass is 446 g/mol. The molecule has 2 unspecified atom stereocenters. The van der Waals surface area contributed by atoms with Gasteiger partial charge in [-0.2, -0.15) is 0 Å². The zero-order valence-electron chi connectivity index (χ0n) is 18.9. The first-order valence-electron chi connectivity index (χ1n) is 11.9. The van der Waals surface area contributed by atoms with E-state index in [2.05, 4.69) is 6.92 Å². The maximum Gasteiger partial charge on any atom is 0.312 e. The van der Waals surface area contributed by atoms with Gasteiger partial charge in [-0.1, -0.05) is 37.6 Å². The van der Waals surface area contributed by atoms with Crippen molar-refractivity contribution < 1.29 is 29.0 Å². The number of carbonyl (C=O) groups excluding carboxylic acids is 3. The molecule has 0 aromatic heterocycles. The van der Waals surface area contributed by atoms with Crippen LogP contribution < -0.4 is 0 Å². The fraction of sp³-hybridized carbons (Fsp3) is 0.708. The molecule has 1 spiro atoms. The number of cyclic esters (lactones) is 1. The number of rotatable bonds is 5. The fourth-order valence-corrected chi connectivity index (χ4v) is 5.75. The zero-order valence-corrected chi connectivity index (χ0v) is 18.9. The van der Waals surface area contributed by atoms with Crippen molar-refractivity contribution in [1.29, 1.82) is 0 Å². The Morgan fingerprint density at radius 1 is 1.22 bits per heavy atom. The average Bonchev–Trinajstić information content (AvgIpc) is 3.14. The van der Waals surface area contributed by atoms with Crippen LogP contribution in [0.5, 0.6) is 0 Å². The minimum atomic E-state index is -1.25. The number of hydrogen-bond acceptors (Lipinski definition) is 6. The number of amides is 2. The van der Waals surface area contributed by atoms with E-state index in [0.717, 1.165) is 32.1 Å². The normalized spacial score (nSPS) is 36.8. The SMILES string of the molecule is CCCC(C)N1CC=C[C@]23O[C@@H]4/C=C\CCCCOC(=O)[C@@H]4[C@H]2C(=O)N(CCO)C3C1=O. The van der Waals surface area contributed by atoms with Crippen LogP contribution in [0.1, 0.15) is 46.0 Å². The summed E-state index contributed by atoms with van der Waals surface area (Å²) < 4.78 is 12.0. The van der Waals surface area contributed by atoms with Crippen LogP contribution >= 0.6 is 0 Å². The number of fused-ring (bicyclic) bond motifs is 2. The number of β-amino-alcohol motifs (C(OH)–C–C–N with tert-alkyl or cyclic N) is 1. The number of likely N-dealkylation sites (tertiary alicyclic amines) is 1. The molecule has 2 fully saturated rings. The standard InChI is InChI=1S/C24H34N2O6/c1-3-9-16(2)25-12-8-11-24-19(21(28)26(13-14-27)20(24)22(25)29)18-17(32-24)10-6-4-5-7-15-31-23(18)30/h6,8,10-11,16-20,27H,3-5,7,9,12-15H2,1-2H3/b10-6-/t16?,17-,18+,19+,20?,24+/m1/s1. The minimum Gasteiger partial charge on any atom is -0.465 e. The van der Waals surface area contributed by atoms with Crippen molar-refractivity contribution >= 4 is 17.8 Å². The van der Waals surface area contributed by atoms with Gasteiger partial charge in [0.25, 0.3) is 0 Å². The van der Waals surface area contributed by atoms with E-state index in [9.17, 15) is 19.5 Å². The molecule has 4 aliphatic rings. The van der Waals surface area contributed by atoms with Crippen LogP contribution in [-0.4, -0.2) is 82.8 Å². The number of aliphatic hydroxyl groups is 1. The van der Waals surface area contributed by atoms with E-state index >= 15 is 0 Å². The van der Waals surface area contributed by atoms with E-state index in [1.165, 1.54) is 4.90 Å². The van der Waals surface area contributed by atoms with Crippen molar-refractivity contribution in [2.24, 2.45) is 11.8 Å². The van der Waals surface area contributed by atoms with Gasteiger partial charge in [-0.25, -0.2) is 0 Å². The summed E-state index contributed by atoms with van der Waals surface area (Å²) in [4.78, 5) is 43.8. The predicted molar refractivity (Wildman–Crippen MR) is 116 cm³/mol. The first-order chi connectivity index (χ1) is 15.5. The van der Waals surface area contributed by atoms with Crippen LogP contribution in [0, 0.1) is 11.8 Å². The van der Waals surface area contributed by atoms with Gasteiger partial charge in [0.15, 0.2) is 0 Å². The third kappa shape index (κ3) is 3.67. The topological polar surface area (TPSA) is 96.4 Å². The number of ether oxygens (including phenoxy) is 2. The lowest BCUT2D eigenvalue weighted by Crippen LogP contribution is -2.57. The van der Waals surface area contributed by atoms with Gasteiger partial charge < -0.3 is 24.4 Å². The smallest absolute Gasteiger partial charge is 0.312 e. The van der Waals surface area contributed by atoms with Gasteiger partial charge in [-0.15, -0.1) is 0 Å². The number of nitrogens with zero attached hydrogens (tertiary/aromatic N) is 2. The van der Waals surface area contributed by atoms with Crippen molar-refractivity contribution in [2.45, 2.75) is 69.7 Å². The molecule has 4 rings (SSSR count). The molecule has 0 aromatic carbocycles. The van der Waals surface area contributed by atoms with Crippen LogP contribution in [0.4, 0.5) is 0 Å². The Morgan fingerprint density at radius 3 is 2.78 bits per heavy atom. The molecule has 4 aliphatic heterocycles. The second-order valence-electron chi connectivity index (χ2n) is 9.22. The van der Waals surface area contributed by atoms with Gasteiger partial charge in [0, 0.05) is 19.1 Å². The van der Waals surface area contributed by atoms with Crippen LogP contribution in [0.3, 0.4) is 0 Å². The molecule has 6 atom stereocenters. The first kappa shape index (κ1) is 23.0. The number of esters is 1. The van der Waals surface area contributed by atoms with Crippen molar-refractivity contribution in [3.05, 3.63) is 24.3 Å². The lowest BCUT2D eigenvalue weighted by molar-refractivity contribution is -0.155. The summed E-state index contributed by atoms with van der Waals surface area (Å²) in [6, 6.07) is -0.909. The van der Waals surface area contributed by atoms with E-state index in [-0.39, 0.29) is 31.0 Å². The Morgan fingerprint density at radius 2 is 2.03 bits per heavy atom. The zero-order chi connectivity index (χ0) is 22.9. The quantitative estimate of drug-likeness (QED) is 0.507. The maximum absolute atomic E-state index is 13.8. The molecule has 0 bridgehead atoms. The predicted octanol–water partition coefficient (Wildman–Crippen LogP) is 1.43. The molecule has 0 radical (unpaired) electrons. The van der Waals surface area contributed by atoms with Gasteiger partial charge in [-0.3, -0.25) is 14.4 Å².